The van der Waals surface area contributed by atoms with Gasteiger partial charge in [0.25, 0.3) is 5.91 Å². The van der Waals surface area contributed by atoms with Gasteiger partial charge in [-0.05, 0) is 31.7 Å². The molecule has 162 valence electrons. The predicted molar refractivity (Wildman–Crippen MR) is 114 cm³/mol. The van der Waals surface area contributed by atoms with E-state index in [-0.39, 0.29) is 28.4 Å². The van der Waals surface area contributed by atoms with Crippen molar-refractivity contribution in [1.29, 1.82) is 0 Å². The first-order valence-corrected chi connectivity index (χ1v) is 10.8. The minimum atomic E-state index is -0.528. The number of thiazole rings is 1. The van der Waals surface area contributed by atoms with Gasteiger partial charge in [0.1, 0.15) is 15.6 Å². The molecule has 1 amide bonds. The zero-order valence-electron chi connectivity index (χ0n) is 16.8. The third kappa shape index (κ3) is 3.29. The Morgan fingerprint density at radius 1 is 1.39 bits per heavy atom. The topological polar surface area (TPSA) is 134 Å². The van der Waals surface area contributed by atoms with Crippen molar-refractivity contribution in [2.45, 2.75) is 43.4 Å². The number of nitrogens with one attached hydrogen (secondary N) is 1. The SMILES string of the molecule is Cn1ncc(NC(=O)c2nc(-c3ccncc3F)sc2N)c1C12CCC(N)C(CC1)O2. The number of nitrogen functional groups attached to an aromatic ring is 1. The van der Waals surface area contributed by atoms with Gasteiger partial charge in [-0.25, -0.2) is 9.37 Å². The molecule has 0 radical (unpaired) electrons. The summed E-state index contributed by atoms with van der Waals surface area (Å²) in [4.78, 5) is 21.0. The molecule has 9 nitrogen and oxygen atoms in total. The summed E-state index contributed by atoms with van der Waals surface area (Å²) in [6, 6.07) is 1.53. The molecule has 3 aromatic heterocycles. The van der Waals surface area contributed by atoms with Crippen LogP contribution in [0.15, 0.2) is 24.7 Å². The lowest BCUT2D eigenvalue weighted by molar-refractivity contribution is -0.0941. The second kappa shape index (κ2) is 7.36. The number of ether oxygens (including phenoxy) is 1. The van der Waals surface area contributed by atoms with Crippen molar-refractivity contribution in [3.8, 4) is 10.6 Å². The summed E-state index contributed by atoms with van der Waals surface area (Å²) in [5, 5.41) is 7.74. The van der Waals surface area contributed by atoms with Crippen LogP contribution >= 0.6 is 11.3 Å². The van der Waals surface area contributed by atoms with Crippen molar-refractivity contribution >= 4 is 27.9 Å². The first kappa shape index (κ1) is 20.0. The van der Waals surface area contributed by atoms with E-state index in [4.69, 9.17) is 16.2 Å². The van der Waals surface area contributed by atoms with Crippen LogP contribution in [0, 0.1) is 5.82 Å². The molecule has 31 heavy (non-hydrogen) atoms. The Hall–Kier alpha value is -2.89. The average molecular weight is 444 g/mol. The third-order valence-electron chi connectivity index (χ3n) is 6.06. The Labute approximate surface area is 181 Å². The van der Waals surface area contributed by atoms with Crippen molar-refractivity contribution in [2.75, 3.05) is 11.1 Å². The number of nitrogens with zero attached hydrogens (tertiary/aromatic N) is 4. The Morgan fingerprint density at radius 3 is 3.00 bits per heavy atom. The van der Waals surface area contributed by atoms with Crippen LogP contribution in [-0.2, 0) is 17.4 Å². The van der Waals surface area contributed by atoms with Crippen molar-refractivity contribution < 1.29 is 13.9 Å². The molecule has 2 aliphatic heterocycles. The minimum absolute atomic E-state index is 0.0132. The number of carbonyl (C=O) groups excluding carboxylic acids is 1. The number of hydrogen-bond acceptors (Lipinski definition) is 8. The first-order valence-electron chi connectivity index (χ1n) is 10.0. The summed E-state index contributed by atoms with van der Waals surface area (Å²) in [6.07, 6.45) is 7.47. The van der Waals surface area contributed by atoms with Crippen molar-refractivity contribution in [2.24, 2.45) is 12.8 Å². The molecule has 0 aromatic carbocycles. The summed E-state index contributed by atoms with van der Waals surface area (Å²) in [6.45, 7) is 0. The Balaban J connectivity index is 1.44. The Kier molecular flexibility index (Phi) is 4.76. The van der Waals surface area contributed by atoms with E-state index in [0.29, 0.717) is 10.7 Å². The van der Waals surface area contributed by atoms with Gasteiger partial charge < -0.3 is 21.5 Å². The number of halogens is 1. The van der Waals surface area contributed by atoms with Gasteiger partial charge in [0.2, 0.25) is 0 Å². The van der Waals surface area contributed by atoms with Gasteiger partial charge in [0, 0.05) is 24.8 Å². The highest BCUT2D eigenvalue weighted by Crippen LogP contribution is 2.49. The molecule has 0 spiro atoms. The second-order valence-corrected chi connectivity index (χ2v) is 8.99. The molecule has 2 bridgehead atoms. The van der Waals surface area contributed by atoms with Gasteiger partial charge in [0.15, 0.2) is 11.5 Å². The van der Waals surface area contributed by atoms with Crippen LogP contribution in [0.3, 0.4) is 0 Å². The molecule has 2 fully saturated rings. The molecule has 5 rings (SSSR count). The smallest absolute Gasteiger partial charge is 0.277 e. The lowest BCUT2D eigenvalue weighted by atomic mass is 9.89. The molecule has 5 N–H and O–H groups in total. The number of carbonyl (C=O) groups is 1. The molecule has 3 aromatic rings. The third-order valence-corrected chi connectivity index (χ3v) is 6.98. The molecular weight excluding hydrogens is 421 g/mol. The van der Waals surface area contributed by atoms with Crippen molar-refractivity contribution in [3.63, 3.8) is 0 Å². The Morgan fingerprint density at radius 2 is 2.19 bits per heavy atom. The highest BCUT2D eigenvalue weighted by Gasteiger charge is 2.50. The van der Waals surface area contributed by atoms with Crippen LogP contribution in [0.5, 0.6) is 0 Å². The maximum absolute atomic E-state index is 14.1. The quantitative estimate of drug-likeness (QED) is 0.564. The molecule has 5 heterocycles. The van der Waals surface area contributed by atoms with Gasteiger partial charge in [-0.1, -0.05) is 11.3 Å². The zero-order valence-corrected chi connectivity index (χ0v) is 17.7. The monoisotopic (exact) mass is 443 g/mol. The molecule has 11 heteroatoms. The number of hydrogen-bond donors (Lipinski definition) is 3. The van der Waals surface area contributed by atoms with Gasteiger partial charge in [0.05, 0.1) is 29.9 Å². The van der Waals surface area contributed by atoms with E-state index in [2.05, 4.69) is 20.4 Å². The molecule has 2 saturated heterocycles. The maximum Gasteiger partial charge on any atom is 0.277 e. The van der Waals surface area contributed by atoms with Crippen LogP contribution in [0.4, 0.5) is 15.1 Å². The fraction of sp³-hybridized carbons (Fsp3) is 0.400. The number of amides is 1. The number of aryl methyl sites for hydroxylation is 1. The summed E-state index contributed by atoms with van der Waals surface area (Å²) in [7, 11) is 1.83. The predicted octanol–water partition coefficient (Wildman–Crippen LogP) is 2.41. The van der Waals surface area contributed by atoms with E-state index in [1.807, 2.05) is 7.05 Å². The number of aromatic nitrogens is 4. The van der Waals surface area contributed by atoms with E-state index >= 15 is 0 Å². The van der Waals surface area contributed by atoms with Gasteiger partial charge in [-0.15, -0.1) is 0 Å². The van der Waals surface area contributed by atoms with Crippen LogP contribution in [0.2, 0.25) is 0 Å². The largest absolute Gasteiger partial charge is 0.389 e. The van der Waals surface area contributed by atoms with Gasteiger partial charge >= 0.3 is 0 Å². The maximum atomic E-state index is 14.1. The molecule has 2 aliphatic rings. The molecule has 0 aliphatic carbocycles. The number of anilines is 2. The van der Waals surface area contributed by atoms with Gasteiger partial charge in [-0.2, -0.15) is 5.10 Å². The normalized spacial score (nSPS) is 25.0. The fourth-order valence-corrected chi connectivity index (χ4v) is 5.41. The molecule has 3 unspecified atom stereocenters. The first-order chi connectivity index (χ1) is 14.9. The summed E-state index contributed by atoms with van der Waals surface area (Å²) < 4.78 is 22.1. The highest BCUT2D eigenvalue weighted by molar-refractivity contribution is 7.19. The number of nitrogens with two attached hydrogens (primary N) is 2. The highest BCUT2D eigenvalue weighted by atomic mass is 32.1. The van der Waals surface area contributed by atoms with Gasteiger partial charge in [-0.3, -0.25) is 14.5 Å². The summed E-state index contributed by atoms with van der Waals surface area (Å²) >= 11 is 1.05. The lowest BCUT2D eigenvalue weighted by Crippen LogP contribution is -2.43. The number of fused-ring (bicyclic) bond motifs is 2. The Bertz CT molecular complexity index is 1160. The summed E-state index contributed by atoms with van der Waals surface area (Å²) in [5.41, 5.74) is 13.3. The standard InChI is InChI=1S/C20H22FN7O2S/c1-28-16(20-5-2-12(22)14(30-20)3-6-20)13(9-25-28)26-18(29)15-17(23)31-19(27-15)10-4-7-24-8-11(10)21/h4,7-9,12,14H,2-3,5-6,22-23H2,1H3,(H,26,29). The average Bonchev–Trinajstić information content (AvgIpc) is 3.42. The van der Waals surface area contributed by atoms with E-state index in [0.717, 1.165) is 48.9 Å². The van der Waals surface area contributed by atoms with Crippen LogP contribution in [-0.4, -0.2) is 37.8 Å². The number of pyridine rings is 1. The van der Waals surface area contributed by atoms with E-state index in [1.165, 1.54) is 12.3 Å². The zero-order chi connectivity index (χ0) is 21.8. The van der Waals surface area contributed by atoms with E-state index in [9.17, 15) is 9.18 Å². The van der Waals surface area contributed by atoms with Crippen molar-refractivity contribution in [1.82, 2.24) is 19.7 Å². The molecular formula is C20H22FN7O2S. The fourth-order valence-electron chi connectivity index (χ4n) is 4.56. The lowest BCUT2D eigenvalue weighted by Gasteiger charge is -2.37. The van der Waals surface area contributed by atoms with Crippen molar-refractivity contribution in [3.05, 3.63) is 41.9 Å². The van der Waals surface area contributed by atoms with Crippen LogP contribution in [0.25, 0.3) is 10.6 Å². The second-order valence-electron chi connectivity index (χ2n) is 7.96. The molecule has 0 saturated carbocycles. The van der Waals surface area contributed by atoms with E-state index in [1.54, 1.807) is 10.9 Å². The van der Waals surface area contributed by atoms with Crippen LogP contribution in [0.1, 0.15) is 41.9 Å². The summed E-state index contributed by atoms with van der Waals surface area (Å²) in [5.74, 6) is -1.01. The number of rotatable bonds is 4. The van der Waals surface area contributed by atoms with Crippen LogP contribution < -0.4 is 16.8 Å². The molecule has 3 atom stereocenters. The van der Waals surface area contributed by atoms with E-state index < -0.39 is 17.3 Å². The minimum Gasteiger partial charge on any atom is -0.389 e.